The maximum Gasteiger partial charge on any atom is 0.411 e. The fourth-order valence-corrected chi connectivity index (χ4v) is 4.72. The number of nitrogens with zero attached hydrogens (tertiary/aromatic N) is 1. The SMILES string of the molecule is CCC(CC)O[C@H](C=O)[C@H]1OC(=O)N(C(c2ccccc2)c2ccccc2)[C@H]1/C=C/c1ccccc1. The van der Waals surface area contributed by atoms with Gasteiger partial charge in [-0.1, -0.05) is 117 Å². The van der Waals surface area contributed by atoms with Crippen LogP contribution in [-0.2, 0) is 14.3 Å². The van der Waals surface area contributed by atoms with Gasteiger partial charge in [0.2, 0.25) is 0 Å². The Balaban J connectivity index is 1.79. The third-order valence-electron chi connectivity index (χ3n) is 6.62. The molecule has 1 heterocycles. The van der Waals surface area contributed by atoms with Crippen molar-refractivity contribution in [1.29, 1.82) is 0 Å². The lowest BCUT2D eigenvalue weighted by Gasteiger charge is -2.32. The number of aldehydes is 1. The summed E-state index contributed by atoms with van der Waals surface area (Å²) in [7, 11) is 0. The molecule has 4 rings (SSSR count). The molecule has 3 aromatic rings. The highest BCUT2D eigenvalue weighted by Crippen LogP contribution is 2.37. The lowest BCUT2D eigenvalue weighted by molar-refractivity contribution is -0.131. The molecule has 0 unspecified atom stereocenters. The van der Waals surface area contributed by atoms with Gasteiger partial charge in [-0.2, -0.15) is 0 Å². The minimum atomic E-state index is -0.874. The number of cyclic esters (lactones) is 1. The Labute approximate surface area is 213 Å². The number of benzene rings is 3. The van der Waals surface area contributed by atoms with Crippen molar-refractivity contribution in [2.24, 2.45) is 0 Å². The van der Waals surface area contributed by atoms with Crippen LogP contribution in [0.2, 0.25) is 0 Å². The highest BCUT2D eigenvalue weighted by atomic mass is 16.6. The minimum Gasteiger partial charge on any atom is -0.440 e. The highest BCUT2D eigenvalue weighted by Gasteiger charge is 2.48. The molecule has 0 bridgehead atoms. The Hall–Kier alpha value is -3.70. The van der Waals surface area contributed by atoms with Gasteiger partial charge in [0.15, 0.2) is 18.5 Å². The molecule has 5 heteroatoms. The van der Waals surface area contributed by atoms with Crippen molar-refractivity contribution in [1.82, 2.24) is 4.90 Å². The number of ether oxygens (including phenoxy) is 2. The first-order valence-electron chi connectivity index (χ1n) is 12.6. The van der Waals surface area contributed by atoms with Gasteiger partial charge < -0.3 is 14.3 Å². The Kier molecular flexibility index (Phi) is 8.69. The van der Waals surface area contributed by atoms with Crippen molar-refractivity contribution in [3.63, 3.8) is 0 Å². The van der Waals surface area contributed by atoms with E-state index in [4.69, 9.17) is 9.47 Å². The van der Waals surface area contributed by atoms with E-state index in [9.17, 15) is 9.59 Å². The van der Waals surface area contributed by atoms with E-state index in [1.54, 1.807) is 4.90 Å². The summed E-state index contributed by atoms with van der Waals surface area (Å²) < 4.78 is 12.1. The van der Waals surface area contributed by atoms with Crippen molar-refractivity contribution < 1.29 is 19.1 Å². The van der Waals surface area contributed by atoms with Gasteiger partial charge in [0.05, 0.1) is 18.2 Å². The molecule has 1 saturated heterocycles. The first-order chi connectivity index (χ1) is 17.7. The minimum absolute atomic E-state index is 0.0919. The van der Waals surface area contributed by atoms with E-state index in [1.165, 1.54) is 0 Å². The zero-order valence-corrected chi connectivity index (χ0v) is 20.8. The second-order valence-electron chi connectivity index (χ2n) is 8.92. The second-order valence-corrected chi connectivity index (χ2v) is 8.92. The predicted octanol–water partition coefficient (Wildman–Crippen LogP) is 6.45. The molecular weight excluding hydrogens is 450 g/mol. The van der Waals surface area contributed by atoms with Crippen molar-refractivity contribution >= 4 is 18.5 Å². The van der Waals surface area contributed by atoms with Gasteiger partial charge >= 0.3 is 6.09 Å². The lowest BCUT2D eigenvalue weighted by Crippen LogP contribution is -2.45. The molecule has 1 aliphatic heterocycles. The van der Waals surface area contributed by atoms with Gasteiger partial charge in [-0.3, -0.25) is 4.90 Å². The third-order valence-corrected chi connectivity index (χ3v) is 6.62. The van der Waals surface area contributed by atoms with E-state index in [-0.39, 0.29) is 6.10 Å². The molecule has 0 aliphatic carbocycles. The maximum absolute atomic E-state index is 13.5. The molecule has 0 saturated carbocycles. The monoisotopic (exact) mass is 483 g/mol. The molecule has 0 spiro atoms. The summed E-state index contributed by atoms with van der Waals surface area (Å²) in [4.78, 5) is 27.5. The van der Waals surface area contributed by atoms with E-state index < -0.39 is 30.4 Å². The summed E-state index contributed by atoms with van der Waals surface area (Å²) >= 11 is 0. The largest absolute Gasteiger partial charge is 0.440 e. The summed E-state index contributed by atoms with van der Waals surface area (Å²) in [6, 6.07) is 28.8. The number of carbonyl (C=O) groups excluding carboxylic acids is 2. The van der Waals surface area contributed by atoms with Crippen molar-refractivity contribution in [2.75, 3.05) is 0 Å². The Morgan fingerprint density at radius 1 is 0.861 bits per heavy atom. The van der Waals surface area contributed by atoms with Gasteiger partial charge in [-0.25, -0.2) is 4.79 Å². The molecule has 186 valence electrons. The Morgan fingerprint density at radius 3 is 1.89 bits per heavy atom. The molecule has 0 N–H and O–H groups in total. The number of hydrogen-bond acceptors (Lipinski definition) is 4. The first-order valence-corrected chi connectivity index (χ1v) is 12.6. The van der Waals surface area contributed by atoms with Crippen molar-refractivity contribution in [3.8, 4) is 0 Å². The van der Waals surface area contributed by atoms with Crippen LogP contribution in [0.5, 0.6) is 0 Å². The molecule has 3 atom stereocenters. The number of hydrogen-bond donors (Lipinski definition) is 0. The van der Waals surface area contributed by atoms with Crippen LogP contribution in [0.25, 0.3) is 6.08 Å². The number of rotatable bonds is 11. The van der Waals surface area contributed by atoms with Crippen LogP contribution >= 0.6 is 0 Å². The van der Waals surface area contributed by atoms with E-state index >= 15 is 0 Å². The lowest BCUT2D eigenvalue weighted by atomic mass is 9.94. The van der Waals surface area contributed by atoms with Crippen LogP contribution in [-0.4, -0.2) is 41.6 Å². The highest BCUT2D eigenvalue weighted by molar-refractivity contribution is 5.75. The van der Waals surface area contributed by atoms with E-state index in [0.717, 1.165) is 35.8 Å². The number of carbonyl (C=O) groups is 2. The Morgan fingerprint density at radius 2 is 1.39 bits per heavy atom. The Bertz CT molecular complexity index is 1090. The standard InChI is InChI=1S/C31H33NO4/c1-3-26(4-2)35-28(22-33)30-27(21-20-23-14-8-5-9-15-23)32(31(34)36-30)29(24-16-10-6-11-17-24)25-18-12-7-13-19-25/h5-22,26-30H,3-4H2,1-2H3/b21-20+/t27-,28+,30-/m0/s1. The molecule has 3 aromatic carbocycles. The van der Waals surface area contributed by atoms with Crippen LogP contribution < -0.4 is 0 Å². The van der Waals surface area contributed by atoms with Gasteiger partial charge in [0, 0.05) is 0 Å². The third kappa shape index (κ3) is 5.74. The van der Waals surface area contributed by atoms with E-state index in [0.29, 0.717) is 0 Å². The summed E-state index contributed by atoms with van der Waals surface area (Å²) in [5.74, 6) is 0. The molecule has 5 nitrogen and oxygen atoms in total. The summed E-state index contributed by atoms with van der Waals surface area (Å²) in [6.45, 7) is 4.05. The second kappa shape index (κ2) is 12.3. The van der Waals surface area contributed by atoms with Crippen molar-refractivity contribution in [3.05, 3.63) is 114 Å². The van der Waals surface area contributed by atoms with Gasteiger partial charge in [0.25, 0.3) is 0 Å². The topological polar surface area (TPSA) is 55.8 Å². The molecule has 36 heavy (non-hydrogen) atoms. The maximum atomic E-state index is 13.5. The number of amides is 1. The predicted molar refractivity (Wildman–Crippen MR) is 141 cm³/mol. The normalized spacial score (nSPS) is 18.7. The fourth-order valence-electron chi connectivity index (χ4n) is 4.72. The molecular formula is C31H33NO4. The molecule has 1 amide bonds. The van der Waals surface area contributed by atoms with Crippen LogP contribution in [0.3, 0.4) is 0 Å². The van der Waals surface area contributed by atoms with Crippen LogP contribution in [0.1, 0.15) is 49.4 Å². The van der Waals surface area contributed by atoms with E-state index in [2.05, 4.69) is 0 Å². The average Bonchev–Trinajstić information content (AvgIpc) is 3.25. The molecule has 1 fully saturated rings. The quantitative estimate of drug-likeness (QED) is 0.294. The molecule has 0 radical (unpaired) electrons. The van der Waals surface area contributed by atoms with Crippen LogP contribution in [0.15, 0.2) is 97.1 Å². The molecule has 1 aliphatic rings. The van der Waals surface area contributed by atoms with E-state index in [1.807, 2.05) is 117 Å². The van der Waals surface area contributed by atoms with Gasteiger partial charge in [-0.15, -0.1) is 0 Å². The first kappa shape index (κ1) is 25.4. The van der Waals surface area contributed by atoms with Gasteiger partial charge in [-0.05, 0) is 29.5 Å². The molecule has 0 aromatic heterocycles. The zero-order chi connectivity index (χ0) is 25.3. The zero-order valence-electron chi connectivity index (χ0n) is 20.8. The average molecular weight is 484 g/mol. The van der Waals surface area contributed by atoms with Crippen LogP contribution in [0, 0.1) is 0 Å². The summed E-state index contributed by atoms with van der Waals surface area (Å²) in [5.41, 5.74) is 2.92. The smallest absolute Gasteiger partial charge is 0.411 e. The fraction of sp³-hybridized carbons (Fsp3) is 0.290. The van der Waals surface area contributed by atoms with Gasteiger partial charge in [0.1, 0.15) is 0 Å². The van der Waals surface area contributed by atoms with Crippen molar-refractivity contribution in [2.45, 2.75) is 57.1 Å². The summed E-state index contributed by atoms with van der Waals surface area (Å²) in [5, 5.41) is 0. The summed E-state index contributed by atoms with van der Waals surface area (Å²) in [6.07, 6.45) is 4.02. The van der Waals surface area contributed by atoms with Crippen LogP contribution in [0.4, 0.5) is 4.79 Å².